The second-order valence-electron chi connectivity index (χ2n) is 4.81. The Hall–Kier alpha value is -1.88. The van der Waals surface area contributed by atoms with Crippen LogP contribution in [0.1, 0.15) is 11.3 Å². The van der Waals surface area contributed by atoms with Crippen molar-refractivity contribution in [1.29, 1.82) is 0 Å². The lowest BCUT2D eigenvalue weighted by Gasteiger charge is -2.16. The van der Waals surface area contributed by atoms with Gasteiger partial charge in [-0.1, -0.05) is 0 Å². The Balaban J connectivity index is 2.32. The first-order valence-electron chi connectivity index (χ1n) is 6.06. The van der Waals surface area contributed by atoms with Crippen molar-refractivity contribution in [3.05, 3.63) is 30.0 Å². The fraction of sp³-hybridized carbons (Fsp3) is 0.455. The van der Waals surface area contributed by atoms with Crippen molar-refractivity contribution < 1.29 is 21.6 Å². The molecule has 0 fully saturated rings. The van der Waals surface area contributed by atoms with Crippen LogP contribution in [0.3, 0.4) is 0 Å². The average Bonchev–Trinajstić information content (AvgIpc) is 2.95. The van der Waals surface area contributed by atoms with Gasteiger partial charge in [0.2, 0.25) is 0 Å². The minimum Gasteiger partial charge on any atom is -0.339 e. The summed E-state index contributed by atoms with van der Waals surface area (Å²) in [6.07, 6.45) is -0.925. The lowest BCUT2D eigenvalue weighted by atomic mass is 10.2. The van der Waals surface area contributed by atoms with Crippen LogP contribution in [-0.2, 0) is 36.8 Å². The molecule has 0 bridgehead atoms. The predicted molar refractivity (Wildman–Crippen MR) is 70.1 cm³/mol. The summed E-state index contributed by atoms with van der Waals surface area (Å²) in [4.78, 5) is 3.72. The lowest BCUT2D eigenvalue weighted by molar-refractivity contribution is -0.142. The molecule has 0 amide bonds. The first kappa shape index (κ1) is 16.5. The molecule has 11 heteroatoms. The summed E-state index contributed by atoms with van der Waals surface area (Å²) < 4.78 is 66.4. The number of halogens is 3. The molecule has 122 valence electrons. The number of rotatable bonds is 4. The summed E-state index contributed by atoms with van der Waals surface area (Å²) in [5, 5.41) is 3.12. The first-order valence-corrected chi connectivity index (χ1v) is 7.50. The zero-order valence-corrected chi connectivity index (χ0v) is 12.9. The third-order valence-electron chi connectivity index (χ3n) is 2.92. The molecule has 0 saturated heterocycles. The molecule has 0 N–H and O–H groups in total. The summed E-state index contributed by atoms with van der Waals surface area (Å²) in [7, 11) is 0.151. The zero-order valence-electron chi connectivity index (χ0n) is 12.0. The highest BCUT2D eigenvalue weighted by Gasteiger charge is 2.38. The van der Waals surface area contributed by atoms with Crippen LogP contribution in [0.4, 0.5) is 13.2 Å². The molecule has 0 saturated carbocycles. The second-order valence-corrected chi connectivity index (χ2v) is 6.80. The van der Waals surface area contributed by atoms with Crippen molar-refractivity contribution in [3.8, 4) is 0 Å². The molecule has 0 aliphatic heterocycles. The third-order valence-corrected chi connectivity index (χ3v) is 4.61. The Morgan fingerprint density at radius 3 is 2.41 bits per heavy atom. The van der Waals surface area contributed by atoms with E-state index in [9.17, 15) is 21.6 Å². The van der Waals surface area contributed by atoms with Gasteiger partial charge in [0.1, 0.15) is 0 Å². The maximum atomic E-state index is 12.9. The molecule has 0 unspecified atom stereocenters. The van der Waals surface area contributed by atoms with Gasteiger partial charge in [0, 0.05) is 45.6 Å². The zero-order chi connectivity index (χ0) is 16.7. The molecule has 0 atom stereocenters. The lowest BCUT2D eigenvalue weighted by Crippen LogP contribution is -2.27. The standard InChI is InChI=1S/C11H14F3N5O2S/c1-17-6-9(15-7-17)22(20,21)19(3)5-8-4-18(2)16-10(8)11(12,13)14/h4,6-7H,5H2,1-3H3. The Morgan fingerprint density at radius 1 is 1.27 bits per heavy atom. The van der Waals surface area contributed by atoms with Crippen molar-refractivity contribution in [1.82, 2.24) is 23.6 Å². The summed E-state index contributed by atoms with van der Waals surface area (Å²) in [5.41, 5.74) is -1.32. The Kier molecular flexibility index (Phi) is 4.04. The highest BCUT2D eigenvalue weighted by Crippen LogP contribution is 2.31. The SMILES string of the molecule is CN(Cc1cn(C)nc1C(F)(F)F)S(=O)(=O)c1cn(C)cn1. The van der Waals surface area contributed by atoms with Gasteiger partial charge in [0.15, 0.2) is 10.7 Å². The molecule has 2 rings (SSSR count). The van der Waals surface area contributed by atoms with Crippen molar-refractivity contribution in [3.63, 3.8) is 0 Å². The number of imidazole rings is 1. The van der Waals surface area contributed by atoms with E-state index in [1.54, 1.807) is 7.05 Å². The molecule has 2 aromatic heterocycles. The van der Waals surface area contributed by atoms with Crippen LogP contribution < -0.4 is 0 Å². The van der Waals surface area contributed by atoms with Gasteiger partial charge in [-0.2, -0.15) is 22.6 Å². The molecular weight excluding hydrogens is 323 g/mol. The number of sulfonamides is 1. The van der Waals surface area contributed by atoms with Gasteiger partial charge in [0.25, 0.3) is 10.0 Å². The molecule has 2 aromatic rings. The van der Waals surface area contributed by atoms with E-state index >= 15 is 0 Å². The van der Waals surface area contributed by atoms with Gasteiger partial charge < -0.3 is 4.57 Å². The fourth-order valence-corrected chi connectivity index (χ4v) is 3.01. The van der Waals surface area contributed by atoms with Crippen LogP contribution in [0.5, 0.6) is 0 Å². The number of aromatic nitrogens is 4. The van der Waals surface area contributed by atoms with Gasteiger partial charge >= 0.3 is 6.18 Å². The molecular formula is C11H14F3N5O2S. The normalized spacial score (nSPS) is 13.0. The summed E-state index contributed by atoms with van der Waals surface area (Å²) in [6, 6.07) is 0. The number of alkyl halides is 3. The van der Waals surface area contributed by atoms with Crippen molar-refractivity contribution in [2.45, 2.75) is 17.7 Å². The molecule has 0 aliphatic carbocycles. The van der Waals surface area contributed by atoms with E-state index in [0.29, 0.717) is 0 Å². The Bertz CT molecular complexity index is 778. The van der Waals surface area contributed by atoms with Gasteiger partial charge in [-0.15, -0.1) is 0 Å². The Morgan fingerprint density at radius 2 is 1.91 bits per heavy atom. The molecule has 0 spiro atoms. The van der Waals surface area contributed by atoms with Gasteiger partial charge in [-0.3, -0.25) is 4.68 Å². The van der Waals surface area contributed by atoms with Gasteiger partial charge in [-0.05, 0) is 0 Å². The molecule has 0 radical (unpaired) electrons. The maximum absolute atomic E-state index is 12.9. The van der Waals surface area contributed by atoms with E-state index in [0.717, 1.165) is 15.2 Å². The van der Waals surface area contributed by atoms with Crippen LogP contribution in [0, 0.1) is 0 Å². The van der Waals surface area contributed by atoms with Crippen molar-refractivity contribution in [2.75, 3.05) is 7.05 Å². The molecule has 22 heavy (non-hydrogen) atoms. The highest BCUT2D eigenvalue weighted by molar-refractivity contribution is 7.89. The van der Waals surface area contributed by atoms with Crippen LogP contribution in [0.2, 0.25) is 0 Å². The van der Waals surface area contributed by atoms with Gasteiger partial charge in [-0.25, -0.2) is 13.4 Å². The summed E-state index contributed by atoms with van der Waals surface area (Å²) in [5.74, 6) is 0. The van der Waals surface area contributed by atoms with Crippen LogP contribution in [0.15, 0.2) is 23.7 Å². The number of aryl methyl sites for hydroxylation is 2. The van der Waals surface area contributed by atoms with Gasteiger partial charge in [0.05, 0.1) is 6.33 Å². The van der Waals surface area contributed by atoms with E-state index in [4.69, 9.17) is 0 Å². The van der Waals surface area contributed by atoms with E-state index in [1.165, 1.54) is 31.2 Å². The van der Waals surface area contributed by atoms with Crippen LogP contribution >= 0.6 is 0 Å². The molecule has 2 heterocycles. The minimum atomic E-state index is -4.65. The number of hydrogen-bond donors (Lipinski definition) is 0. The number of hydrogen-bond acceptors (Lipinski definition) is 4. The average molecular weight is 337 g/mol. The summed E-state index contributed by atoms with van der Waals surface area (Å²) in [6.45, 7) is -0.457. The van der Waals surface area contributed by atoms with E-state index in [-0.39, 0.29) is 10.6 Å². The van der Waals surface area contributed by atoms with Crippen molar-refractivity contribution >= 4 is 10.0 Å². The monoisotopic (exact) mass is 337 g/mol. The molecule has 0 aliphatic rings. The predicted octanol–water partition coefficient (Wildman–Crippen LogP) is 0.993. The molecule has 7 nitrogen and oxygen atoms in total. The molecule has 0 aromatic carbocycles. The topological polar surface area (TPSA) is 73.0 Å². The minimum absolute atomic E-state index is 0.225. The largest absolute Gasteiger partial charge is 0.435 e. The van der Waals surface area contributed by atoms with Crippen LogP contribution in [0.25, 0.3) is 0 Å². The van der Waals surface area contributed by atoms with E-state index in [1.807, 2.05) is 0 Å². The second kappa shape index (κ2) is 5.39. The third kappa shape index (κ3) is 3.14. The van der Waals surface area contributed by atoms with Crippen molar-refractivity contribution in [2.24, 2.45) is 14.1 Å². The first-order chi connectivity index (χ1) is 10.0. The summed E-state index contributed by atoms with van der Waals surface area (Å²) >= 11 is 0. The number of nitrogens with zero attached hydrogens (tertiary/aromatic N) is 5. The fourth-order valence-electron chi connectivity index (χ4n) is 1.90. The van der Waals surface area contributed by atoms with E-state index < -0.39 is 28.4 Å². The Labute approximate surface area is 125 Å². The quantitative estimate of drug-likeness (QED) is 0.834. The highest BCUT2D eigenvalue weighted by atomic mass is 32.2. The van der Waals surface area contributed by atoms with E-state index in [2.05, 4.69) is 10.1 Å². The maximum Gasteiger partial charge on any atom is 0.435 e. The van der Waals surface area contributed by atoms with Crippen LogP contribution in [-0.4, -0.2) is 39.1 Å². The smallest absolute Gasteiger partial charge is 0.339 e.